The molecule has 4 heteroatoms. The van der Waals surface area contributed by atoms with Crippen molar-refractivity contribution >= 4 is 6.09 Å². The van der Waals surface area contributed by atoms with Crippen molar-refractivity contribution in [1.82, 2.24) is 5.32 Å². The molecule has 1 saturated heterocycles. The highest BCUT2D eigenvalue weighted by molar-refractivity contribution is 5.70. The van der Waals surface area contributed by atoms with E-state index in [0.717, 1.165) is 0 Å². The molecule has 0 radical (unpaired) electrons. The van der Waals surface area contributed by atoms with E-state index >= 15 is 0 Å². The van der Waals surface area contributed by atoms with Gasteiger partial charge in [0, 0.05) is 0 Å². The van der Waals surface area contributed by atoms with E-state index in [9.17, 15) is 4.79 Å². The number of carbonyl (C=O) groups is 1. The molecule has 0 aromatic rings. The summed E-state index contributed by atoms with van der Waals surface area (Å²) in [5, 5.41) is 10.6. The number of alkyl carbamates (subject to hydrolysis) is 1. The molecule has 0 aromatic heterocycles. The topological polar surface area (TPSA) is 62.1 Å². The number of nitrogens with one attached hydrogen (secondary N) is 1. The Kier molecular flexibility index (Phi) is 1.27. The smallest absolute Gasteiger partial charge is 0.408 e. The highest BCUT2D eigenvalue weighted by Crippen LogP contribution is 2.05. The second-order valence-electron chi connectivity index (χ2n) is 1.86. The van der Waals surface area contributed by atoms with Crippen LogP contribution in [0.5, 0.6) is 0 Å². The molecule has 9 heavy (non-hydrogen) atoms. The Balaban J connectivity index is 2.60. The van der Waals surface area contributed by atoms with Gasteiger partial charge in [-0.15, -0.1) is 0 Å². The molecule has 1 amide bonds. The third-order valence-corrected chi connectivity index (χ3v) is 1.17. The quantitative estimate of drug-likeness (QED) is 0.497. The monoisotopic (exact) mass is 126 g/mol. The van der Waals surface area contributed by atoms with Crippen molar-refractivity contribution in [1.29, 1.82) is 5.26 Å². The molecule has 0 bridgehead atoms. The molecule has 1 heterocycles. The van der Waals surface area contributed by atoms with Crippen molar-refractivity contribution < 1.29 is 9.53 Å². The minimum Gasteiger partial charge on any atom is -0.443 e. The summed E-state index contributed by atoms with van der Waals surface area (Å²) in [5.41, 5.74) is 0. The van der Waals surface area contributed by atoms with Gasteiger partial charge in [-0.2, -0.15) is 5.26 Å². The van der Waals surface area contributed by atoms with Crippen molar-refractivity contribution in [2.24, 2.45) is 0 Å². The summed E-state index contributed by atoms with van der Waals surface area (Å²) in [6.45, 7) is 1.67. The Morgan fingerprint density at radius 1 is 1.89 bits per heavy atom. The lowest BCUT2D eigenvalue weighted by Gasteiger charge is -1.99. The van der Waals surface area contributed by atoms with Gasteiger partial charge in [-0.3, -0.25) is 0 Å². The van der Waals surface area contributed by atoms with Gasteiger partial charge in [-0.25, -0.2) is 4.79 Å². The standard InChI is InChI=1S/C5H6N2O2/c1-3-4(2-6)7-5(8)9-3/h3-4H,1H3,(H,7,8)/t3-,4-/m1/s1. The van der Waals surface area contributed by atoms with Gasteiger partial charge in [0.25, 0.3) is 0 Å². The lowest BCUT2D eigenvalue weighted by molar-refractivity contribution is 0.145. The van der Waals surface area contributed by atoms with Gasteiger partial charge in [0.2, 0.25) is 0 Å². The molecule has 48 valence electrons. The number of cyclic esters (lactones) is 1. The number of nitrogens with zero attached hydrogens (tertiary/aromatic N) is 1. The molecule has 0 aromatic carbocycles. The average molecular weight is 126 g/mol. The molecular weight excluding hydrogens is 120 g/mol. The maximum absolute atomic E-state index is 10.3. The van der Waals surface area contributed by atoms with Gasteiger partial charge in [0.1, 0.15) is 6.10 Å². The molecule has 0 unspecified atom stereocenters. The second kappa shape index (κ2) is 1.94. The molecule has 1 aliphatic heterocycles. The minimum absolute atomic E-state index is 0.317. The molecule has 2 atom stereocenters. The number of hydrogen-bond acceptors (Lipinski definition) is 3. The fraction of sp³-hybridized carbons (Fsp3) is 0.600. The second-order valence-corrected chi connectivity index (χ2v) is 1.86. The molecule has 0 spiro atoms. The lowest BCUT2D eigenvalue weighted by Crippen LogP contribution is -2.27. The van der Waals surface area contributed by atoms with E-state index in [1.54, 1.807) is 6.92 Å². The van der Waals surface area contributed by atoms with Crippen LogP contribution >= 0.6 is 0 Å². The van der Waals surface area contributed by atoms with Crippen LogP contribution in [-0.4, -0.2) is 18.2 Å². The average Bonchev–Trinajstić information content (AvgIpc) is 2.10. The summed E-state index contributed by atoms with van der Waals surface area (Å²) in [6, 6.07) is 1.41. The van der Waals surface area contributed by atoms with Crippen LogP contribution in [0, 0.1) is 11.3 Å². The van der Waals surface area contributed by atoms with Crippen molar-refractivity contribution in [3.63, 3.8) is 0 Å². The first kappa shape index (κ1) is 5.89. The zero-order valence-corrected chi connectivity index (χ0v) is 4.92. The van der Waals surface area contributed by atoms with E-state index in [-0.39, 0.29) is 6.10 Å². The summed E-state index contributed by atoms with van der Waals surface area (Å²) >= 11 is 0. The van der Waals surface area contributed by atoms with Gasteiger partial charge in [0.15, 0.2) is 6.04 Å². The minimum atomic E-state index is -0.506. The largest absolute Gasteiger partial charge is 0.443 e. The molecule has 4 nitrogen and oxygen atoms in total. The van der Waals surface area contributed by atoms with Crippen molar-refractivity contribution in [3.05, 3.63) is 0 Å². The highest BCUT2D eigenvalue weighted by atomic mass is 16.6. The Bertz CT molecular complexity index is 172. The van der Waals surface area contributed by atoms with Gasteiger partial charge in [0.05, 0.1) is 6.07 Å². The summed E-state index contributed by atoms with van der Waals surface area (Å²) in [5.74, 6) is 0. The lowest BCUT2D eigenvalue weighted by atomic mass is 10.2. The van der Waals surface area contributed by atoms with E-state index in [4.69, 9.17) is 5.26 Å². The summed E-state index contributed by atoms with van der Waals surface area (Å²) in [4.78, 5) is 10.3. The number of amides is 1. The van der Waals surface area contributed by atoms with Crippen LogP contribution < -0.4 is 5.32 Å². The van der Waals surface area contributed by atoms with Crippen molar-refractivity contribution in [2.45, 2.75) is 19.1 Å². The number of rotatable bonds is 0. The number of ether oxygens (including phenoxy) is 1. The highest BCUT2D eigenvalue weighted by Gasteiger charge is 2.29. The molecule has 0 saturated carbocycles. The summed E-state index contributed by atoms with van der Waals surface area (Å²) < 4.78 is 4.59. The van der Waals surface area contributed by atoms with E-state index in [2.05, 4.69) is 10.1 Å². The van der Waals surface area contributed by atoms with Crippen LogP contribution in [0.4, 0.5) is 4.79 Å². The van der Waals surface area contributed by atoms with Crippen LogP contribution in [0.1, 0.15) is 6.92 Å². The van der Waals surface area contributed by atoms with Gasteiger partial charge < -0.3 is 10.1 Å². The van der Waals surface area contributed by atoms with E-state index in [1.807, 2.05) is 6.07 Å². The van der Waals surface area contributed by atoms with E-state index in [1.165, 1.54) is 0 Å². The Labute approximate surface area is 52.4 Å². The van der Waals surface area contributed by atoms with Crippen LogP contribution in [0.15, 0.2) is 0 Å². The fourth-order valence-electron chi connectivity index (χ4n) is 0.652. The SMILES string of the molecule is C[C@H]1OC(=O)N[C@@H]1C#N. The maximum atomic E-state index is 10.3. The molecule has 0 aliphatic carbocycles. The Morgan fingerprint density at radius 2 is 2.56 bits per heavy atom. The van der Waals surface area contributed by atoms with E-state index in [0.29, 0.717) is 0 Å². The zero-order valence-electron chi connectivity index (χ0n) is 4.92. The summed E-state index contributed by atoms with van der Waals surface area (Å²) in [7, 11) is 0. The Morgan fingerprint density at radius 3 is 2.78 bits per heavy atom. The fourth-order valence-corrected chi connectivity index (χ4v) is 0.652. The zero-order chi connectivity index (χ0) is 6.85. The molecule has 1 rings (SSSR count). The van der Waals surface area contributed by atoms with E-state index < -0.39 is 12.1 Å². The van der Waals surface area contributed by atoms with Crippen LogP contribution in [0.2, 0.25) is 0 Å². The molecule has 1 aliphatic rings. The number of hydrogen-bond donors (Lipinski definition) is 1. The van der Waals surface area contributed by atoms with Gasteiger partial charge >= 0.3 is 6.09 Å². The molecule has 1 N–H and O–H groups in total. The molecular formula is C5H6N2O2. The predicted octanol–water partition coefficient (Wildman–Crippen LogP) is 0.00688. The van der Waals surface area contributed by atoms with Crippen LogP contribution in [-0.2, 0) is 4.74 Å². The number of carbonyl (C=O) groups excluding carboxylic acids is 1. The van der Waals surface area contributed by atoms with Crippen LogP contribution in [0.3, 0.4) is 0 Å². The first-order valence-electron chi connectivity index (χ1n) is 2.61. The normalized spacial score (nSPS) is 32.7. The van der Waals surface area contributed by atoms with Crippen molar-refractivity contribution in [2.75, 3.05) is 0 Å². The maximum Gasteiger partial charge on any atom is 0.408 e. The molecule has 1 fully saturated rings. The first-order valence-corrected chi connectivity index (χ1v) is 2.61. The third kappa shape index (κ3) is 0.941. The Hall–Kier alpha value is -1.24. The first-order chi connectivity index (χ1) is 4.24. The van der Waals surface area contributed by atoms with Gasteiger partial charge in [-0.05, 0) is 6.92 Å². The van der Waals surface area contributed by atoms with Crippen molar-refractivity contribution in [3.8, 4) is 6.07 Å². The number of nitriles is 1. The summed E-state index contributed by atoms with van der Waals surface area (Å²) in [6.07, 6.45) is -0.823. The third-order valence-electron chi connectivity index (χ3n) is 1.17. The van der Waals surface area contributed by atoms with Crippen LogP contribution in [0.25, 0.3) is 0 Å². The van der Waals surface area contributed by atoms with Gasteiger partial charge in [-0.1, -0.05) is 0 Å². The predicted molar refractivity (Wildman–Crippen MR) is 28.5 cm³/mol.